The van der Waals surface area contributed by atoms with Crippen molar-refractivity contribution in [2.24, 2.45) is 0 Å². The molecule has 0 atom stereocenters. The maximum atomic E-state index is 12.8. The van der Waals surface area contributed by atoms with Crippen molar-refractivity contribution in [1.29, 1.82) is 0 Å². The molecule has 4 aromatic rings. The molecule has 1 heterocycles. The lowest BCUT2D eigenvalue weighted by atomic mass is 10.1. The molecule has 0 aliphatic rings. The van der Waals surface area contributed by atoms with Gasteiger partial charge >= 0.3 is 0 Å². The molecule has 0 saturated heterocycles. The van der Waals surface area contributed by atoms with Gasteiger partial charge in [-0.1, -0.05) is 47.5 Å². The van der Waals surface area contributed by atoms with Crippen LogP contribution in [0.5, 0.6) is 5.75 Å². The topological polar surface area (TPSA) is 56.2 Å². The first-order valence-corrected chi connectivity index (χ1v) is 11.2. The minimum Gasteiger partial charge on any atom is -0.489 e. The predicted molar refractivity (Wildman–Crippen MR) is 132 cm³/mol. The zero-order valence-corrected chi connectivity index (χ0v) is 19.8. The third-order valence-electron chi connectivity index (χ3n) is 5.28. The van der Waals surface area contributed by atoms with Gasteiger partial charge in [0.05, 0.1) is 23.6 Å². The van der Waals surface area contributed by atoms with E-state index in [0.717, 1.165) is 34.0 Å². The zero-order valence-electron chi connectivity index (χ0n) is 18.3. The van der Waals surface area contributed by atoms with Crippen LogP contribution < -0.4 is 10.1 Å². The van der Waals surface area contributed by atoms with E-state index < -0.39 is 0 Å². The van der Waals surface area contributed by atoms with Crippen molar-refractivity contribution in [3.05, 3.63) is 111 Å². The van der Waals surface area contributed by atoms with Crippen LogP contribution in [0.25, 0.3) is 0 Å². The Labute approximate surface area is 202 Å². The number of benzene rings is 3. The summed E-state index contributed by atoms with van der Waals surface area (Å²) in [6, 6.07) is 22.2. The fourth-order valence-corrected chi connectivity index (χ4v) is 3.81. The fourth-order valence-electron chi connectivity index (χ4n) is 3.48. The van der Waals surface area contributed by atoms with Crippen molar-refractivity contribution < 1.29 is 9.53 Å². The number of halogens is 2. The third kappa shape index (κ3) is 5.75. The minimum atomic E-state index is -0.186. The molecule has 0 fully saturated rings. The van der Waals surface area contributed by atoms with Crippen molar-refractivity contribution in [2.75, 3.05) is 5.32 Å². The maximum Gasteiger partial charge on any atom is 0.255 e. The number of rotatable bonds is 7. The highest BCUT2D eigenvalue weighted by Crippen LogP contribution is 2.22. The number of amides is 1. The second kappa shape index (κ2) is 10.1. The first-order valence-electron chi connectivity index (χ1n) is 10.5. The van der Waals surface area contributed by atoms with Crippen LogP contribution in [0.1, 0.15) is 32.9 Å². The molecule has 1 amide bonds. The highest BCUT2D eigenvalue weighted by molar-refractivity contribution is 6.30. The van der Waals surface area contributed by atoms with E-state index in [1.54, 1.807) is 24.3 Å². The van der Waals surface area contributed by atoms with Gasteiger partial charge in [0.15, 0.2) is 0 Å². The van der Waals surface area contributed by atoms with E-state index in [1.807, 2.05) is 67.1 Å². The Morgan fingerprint density at radius 3 is 2.36 bits per heavy atom. The van der Waals surface area contributed by atoms with Gasteiger partial charge in [-0.25, -0.2) is 0 Å². The van der Waals surface area contributed by atoms with Crippen molar-refractivity contribution in [3.8, 4) is 5.75 Å². The van der Waals surface area contributed by atoms with Crippen LogP contribution in [0.3, 0.4) is 0 Å². The number of anilines is 1. The van der Waals surface area contributed by atoms with Gasteiger partial charge in [0.1, 0.15) is 12.4 Å². The molecule has 0 spiro atoms. The summed E-state index contributed by atoms with van der Waals surface area (Å²) in [5.41, 5.74) is 4.93. The van der Waals surface area contributed by atoms with Gasteiger partial charge in [0, 0.05) is 15.6 Å². The summed E-state index contributed by atoms with van der Waals surface area (Å²) in [4.78, 5) is 12.8. The Bertz CT molecular complexity index is 1270. The van der Waals surface area contributed by atoms with Gasteiger partial charge < -0.3 is 10.1 Å². The molecule has 0 bridgehead atoms. The van der Waals surface area contributed by atoms with Crippen LogP contribution in [0, 0.1) is 13.8 Å². The molecule has 0 aliphatic carbocycles. The average molecular weight is 480 g/mol. The van der Waals surface area contributed by atoms with Crippen LogP contribution >= 0.6 is 23.2 Å². The lowest BCUT2D eigenvalue weighted by molar-refractivity contribution is 0.102. The summed E-state index contributed by atoms with van der Waals surface area (Å²) in [6.45, 7) is 4.80. The number of hydrogen-bond donors (Lipinski definition) is 1. The summed E-state index contributed by atoms with van der Waals surface area (Å²) in [7, 11) is 0. The molecular weight excluding hydrogens is 457 g/mol. The largest absolute Gasteiger partial charge is 0.489 e. The van der Waals surface area contributed by atoms with Gasteiger partial charge in [0.25, 0.3) is 5.91 Å². The highest BCUT2D eigenvalue weighted by Gasteiger charge is 2.15. The fraction of sp³-hybridized carbons (Fsp3) is 0.154. The van der Waals surface area contributed by atoms with E-state index in [9.17, 15) is 4.79 Å². The van der Waals surface area contributed by atoms with Crippen molar-refractivity contribution in [2.45, 2.75) is 27.0 Å². The predicted octanol–water partition coefficient (Wildman–Crippen LogP) is 6.69. The summed E-state index contributed by atoms with van der Waals surface area (Å²) in [6.07, 6.45) is 0. The summed E-state index contributed by atoms with van der Waals surface area (Å²) in [5, 5.41) is 8.94. The SMILES string of the molecule is Cc1nn(Cc2cccc(Cl)c2)c(C)c1NC(=O)c1ccc(COc2ccc(Cl)cc2)cc1. The number of hydrogen-bond acceptors (Lipinski definition) is 3. The zero-order chi connectivity index (χ0) is 23.4. The molecule has 7 heteroatoms. The van der Waals surface area contributed by atoms with Crippen molar-refractivity contribution >= 4 is 34.8 Å². The Morgan fingerprint density at radius 1 is 0.939 bits per heavy atom. The van der Waals surface area contributed by atoms with E-state index >= 15 is 0 Å². The second-order valence-corrected chi connectivity index (χ2v) is 8.60. The van der Waals surface area contributed by atoms with Gasteiger partial charge in [-0.15, -0.1) is 0 Å². The van der Waals surface area contributed by atoms with Crippen molar-refractivity contribution in [1.82, 2.24) is 9.78 Å². The lowest BCUT2D eigenvalue weighted by Gasteiger charge is -2.09. The Balaban J connectivity index is 1.40. The number of ether oxygens (including phenoxy) is 1. The maximum absolute atomic E-state index is 12.8. The van der Waals surface area contributed by atoms with E-state index in [4.69, 9.17) is 27.9 Å². The lowest BCUT2D eigenvalue weighted by Crippen LogP contribution is -2.13. The Hall–Kier alpha value is -3.28. The van der Waals surface area contributed by atoms with Crippen LogP contribution in [-0.4, -0.2) is 15.7 Å². The molecule has 0 unspecified atom stereocenters. The van der Waals surface area contributed by atoms with Crippen LogP contribution in [-0.2, 0) is 13.2 Å². The smallest absolute Gasteiger partial charge is 0.255 e. The minimum absolute atomic E-state index is 0.186. The molecular formula is C26H23Cl2N3O2. The van der Waals surface area contributed by atoms with Crippen molar-refractivity contribution in [3.63, 3.8) is 0 Å². The van der Waals surface area contributed by atoms with Crippen LogP contribution in [0.4, 0.5) is 5.69 Å². The van der Waals surface area contributed by atoms with Crippen LogP contribution in [0.2, 0.25) is 10.0 Å². The Morgan fingerprint density at radius 2 is 1.67 bits per heavy atom. The summed E-state index contributed by atoms with van der Waals surface area (Å²) < 4.78 is 7.62. The number of aryl methyl sites for hydroxylation is 1. The number of aromatic nitrogens is 2. The molecule has 168 valence electrons. The molecule has 0 aliphatic heterocycles. The molecule has 0 saturated carbocycles. The first kappa shape index (κ1) is 22.9. The van der Waals surface area contributed by atoms with Gasteiger partial charge in [0.2, 0.25) is 0 Å². The first-order chi connectivity index (χ1) is 15.9. The van der Waals surface area contributed by atoms with E-state index in [2.05, 4.69) is 10.4 Å². The van der Waals surface area contributed by atoms with E-state index in [1.165, 1.54) is 0 Å². The molecule has 33 heavy (non-hydrogen) atoms. The quantitative estimate of drug-likeness (QED) is 0.321. The third-order valence-corrected chi connectivity index (χ3v) is 5.76. The number of nitrogens with zero attached hydrogens (tertiary/aromatic N) is 2. The standard InChI is InChI=1S/C26H23Cl2N3O2/c1-17-25(18(2)31(30-17)15-20-4-3-5-23(28)14-20)29-26(32)21-8-6-19(7-9-21)16-33-24-12-10-22(27)11-13-24/h3-14H,15-16H2,1-2H3,(H,29,32). The normalized spacial score (nSPS) is 10.8. The molecule has 4 rings (SSSR count). The number of carbonyl (C=O) groups excluding carboxylic acids is 1. The molecule has 1 aromatic heterocycles. The average Bonchev–Trinajstić information content (AvgIpc) is 3.06. The summed E-state index contributed by atoms with van der Waals surface area (Å²) in [5.74, 6) is 0.552. The number of nitrogens with one attached hydrogen (secondary N) is 1. The van der Waals surface area contributed by atoms with E-state index in [-0.39, 0.29) is 5.91 Å². The summed E-state index contributed by atoms with van der Waals surface area (Å²) >= 11 is 12.0. The molecule has 3 aromatic carbocycles. The highest BCUT2D eigenvalue weighted by atomic mass is 35.5. The second-order valence-electron chi connectivity index (χ2n) is 7.73. The monoisotopic (exact) mass is 479 g/mol. The Kier molecular flexibility index (Phi) is 7.02. The van der Waals surface area contributed by atoms with Crippen LogP contribution in [0.15, 0.2) is 72.8 Å². The van der Waals surface area contributed by atoms with Gasteiger partial charge in [-0.3, -0.25) is 9.48 Å². The molecule has 1 N–H and O–H groups in total. The number of carbonyl (C=O) groups is 1. The van der Waals surface area contributed by atoms with E-state index in [0.29, 0.717) is 28.8 Å². The molecule has 5 nitrogen and oxygen atoms in total. The molecule has 0 radical (unpaired) electrons. The van der Waals surface area contributed by atoms with Gasteiger partial charge in [-0.05, 0) is 73.5 Å². The van der Waals surface area contributed by atoms with Gasteiger partial charge in [-0.2, -0.15) is 5.10 Å².